The molecule has 1 heterocycles. The summed E-state index contributed by atoms with van der Waals surface area (Å²) in [5.74, 6) is 0. The molecular weight excluding hydrogens is 217 g/mol. The Morgan fingerprint density at radius 2 is 2.00 bits per heavy atom. The molecule has 2 unspecified atom stereocenters. The molecule has 94 valence electrons. The van der Waals surface area contributed by atoms with E-state index in [1.165, 1.54) is 12.8 Å². The van der Waals surface area contributed by atoms with Gasteiger partial charge in [-0.2, -0.15) is 13.2 Å². The van der Waals surface area contributed by atoms with Crippen molar-refractivity contribution in [2.45, 2.75) is 56.9 Å². The van der Waals surface area contributed by atoms with Crippen LogP contribution in [-0.2, 0) is 0 Å². The lowest BCUT2D eigenvalue weighted by molar-refractivity contribution is -0.139. The van der Waals surface area contributed by atoms with Crippen LogP contribution < -0.4 is 5.32 Å². The smallest absolute Gasteiger partial charge is 0.310 e. The van der Waals surface area contributed by atoms with Crippen molar-refractivity contribution in [1.29, 1.82) is 0 Å². The summed E-state index contributed by atoms with van der Waals surface area (Å²) in [6.45, 7) is 3.58. The molecule has 16 heavy (non-hydrogen) atoms. The van der Waals surface area contributed by atoms with Crippen molar-refractivity contribution in [2.24, 2.45) is 0 Å². The Labute approximate surface area is 94.2 Å². The summed E-state index contributed by atoms with van der Waals surface area (Å²) in [5.41, 5.74) is 0. The minimum atomic E-state index is -4.05. The van der Waals surface area contributed by atoms with Crippen LogP contribution in [0.3, 0.4) is 0 Å². The molecule has 1 saturated heterocycles. The number of hydrogen-bond donors (Lipinski definition) is 1. The predicted octanol–water partition coefficient (Wildman–Crippen LogP) is 2.15. The van der Waals surface area contributed by atoms with E-state index in [0.717, 1.165) is 25.6 Å². The SMILES string of the molecule is CC(CC(F)(F)F)NC1CCN(C2CC2)C1. The van der Waals surface area contributed by atoms with E-state index in [-0.39, 0.29) is 6.04 Å². The van der Waals surface area contributed by atoms with Crippen LogP contribution in [0.2, 0.25) is 0 Å². The molecule has 2 aliphatic rings. The average molecular weight is 236 g/mol. The van der Waals surface area contributed by atoms with Crippen LogP contribution in [0.15, 0.2) is 0 Å². The first-order valence-corrected chi connectivity index (χ1v) is 6.01. The van der Waals surface area contributed by atoms with Gasteiger partial charge in [-0.15, -0.1) is 0 Å². The summed E-state index contributed by atoms with van der Waals surface area (Å²) in [6, 6.07) is 0.506. The molecule has 0 aromatic carbocycles. The van der Waals surface area contributed by atoms with Gasteiger partial charge in [-0.3, -0.25) is 4.90 Å². The standard InChI is InChI=1S/C11H19F3N2/c1-8(6-11(12,13)14)15-9-4-5-16(7-9)10-2-3-10/h8-10,15H,2-7H2,1H3. The van der Waals surface area contributed by atoms with Crippen molar-refractivity contribution in [1.82, 2.24) is 10.2 Å². The molecule has 0 spiro atoms. The molecule has 0 bridgehead atoms. The highest BCUT2D eigenvalue weighted by Gasteiger charge is 2.36. The Bertz CT molecular complexity index is 238. The number of alkyl halides is 3. The maximum atomic E-state index is 12.1. The molecule has 2 fully saturated rings. The van der Waals surface area contributed by atoms with Crippen molar-refractivity contribution < 1.29 is 13.2 Å². The zero-order valence-electron chi connectivity index (χ0n) is 9.56. The second-order valence-electron chi connectivity index (χ2n) is 5.10. The van der Waals surface area contributed by atoms with E-state index in [2.05, 4.69) is 10.2 Å². The molecule has 0 radical (unpaired) electrons. The maximum Gasteiger partial charge on any atom is 0.390 e. The summed E-state index contributed by atoms with van der Waals surface area (Å²) in [6.07, 6.45) is -1.26. The van der Waals surface area contributed by atoms with Crippen molar-refractivity contribution in [3.05, 3.63) is 0 Å². The van der Waals surface area contributed by atoms with Gasteiger partial charge in [0.2, 0.25) is 0 Å². The Morgan fingerprint density at radius 1 is 1.31 bits per heavy atom. The highest BCUT2D eigenvalue weighted by atomic mass is 19.4. The van der Waals surface area contributed by atoms with Crippen molar-refractivity contribution in [3.63, 3.8) is 0 Å². The number of rotatable bonds is 4. The maximum absolute atomic E-state index is 12.1. The quantitative estimate of drug-likeness (QED) is 0.804. The van der Waals surface area contributed by atoms with Crippen LogP contribution in [0, 0.1) is 0 Å². The molecule has 1 aliphatic heterocycles. The summed E-state index contributed by atoms with van der Waals surface area (Å²) < 4.78 is 36.4. The van der Waals surface area contributed by atoms with Gasteiger partial charge in [-0.05, 0) is 26.2 Å². The molecule has 0 amide bonds. The van der Waals surface area contributed by atoms with E-state index in [0.29, 0.717) is 0 Å². The van der Waals surface area contributed by atoms with Gasteiger partial charge in [0, 0.05) is 31.2 Å². The molecule has 1 aliphatic carbocycles. The zero-order chi connectivity index (χ0) is 11.8. The third-order valence-electron chi connectivity index (χ3n) is 3.34. The molecule has 2 rings (SSSR count). The fraction of sp³-hybridized carbons (Fsp3) is 1.00. The van der Waals surface area contributed by atoms with Crippen LogP contribution >= 0.6 is 0 Å². The largest absolute Gasteiger partial charge is 0.390 e. The molecule has 1 saturated carbocycles. The van der Waals surface area contributed by atoms with Gasteiger partial charge in [-0.25, -0.2) is 0 Å². The number of nitrogens with one attached hydrogen (secondary N) is 1. The first kappa shape index (κ1) is 12.2. The summed E-state index contributed by atoms with van der Waals surface area (Å²) >= 11 is 0. The van der Waals surface area contributed by atoms with E-state index >= 15 is 0 Å². The van der Waals surface area contributed by atoms with Crippen molar-refractivity contribution in [2.75, 3.05) is 13.1 Å². The van der Waals surface area contributed by atoms with Gasteiger partial charge in [0.25, 0.3) is 0 Å². The Hall–Kier alpha value is -0.290. The third kappa shape index (κ3) is 3.63. The second-order valence-corrected chi connectivity index (χ2v) is 5.10. The van der Waals surface area contributed by atoms with Crippen LogP contribution in [0.4, 0.5) is 13.2 Å². The number of hydrogen-bond acceptors (Lipinski definition) is 2. The number of likely N-dealkylation sites (tertiary alicyclic amines) is 1. The highest BCUT2D eigenvalue weighted by molar-refractivity contribution is 4.92. The Balaban J connectivity index is 1.69. The molecule has 0 aromatic heterocycles. The molecular formula is C11H19F3N2. The second kappa shape index (κ2) is 4.53. The van der Waals surface area contributed by atoms with Crippen LogP contribution in [0.25, 0.3) is 0 Å². The Kier molecular flexibility index (Phi) is 3.45. The molecule has 5 heteroatoms. The number of nitrogens with zero attached hydrogens (tertiary/aromatic N) is 1. The summed E-state index contributed by atoms with van der Waals surface area (Å²) in [4.78, 5) is 2.40. The summed E-state index contributed by atoms with van der Waals surface area (Å²) in [5, 5.41) is 3.09. The van der Waals surface area contributed by atoms with Gasteiger partial charge >= 0.3 is 6.18 Å². The Morgan fingerprint density at radius 3 is 2.56 bits per heavy atom. The first-order valence-electron chi connectivity index (χ1n) is 6.01. The molecule has 2 atom stereocenters. The lowest BCUT2D eigenvalue weighted by atomic mass is 10.2. The molecule has 0 aromatic rings. The van der Waals surface area contributed by atoms with E-state index in [9.17, 15) is 13.2 Å². The van der Waals surface area contributed by atoms with Gasteiger partial charge in [0.05, 0.1) is 6.42 Å². The van der Waals surface area contributed by atoms with Gasteiger partial charge in [0.1, 0.15) is 0 Å². The number of halogens is 3. The van der Waals surface area contributed by atoms with Crippen LogP contribution in [0.1, 0.15) is 32.6 Å². The topological polar surface area (TPSA) is 15.3 Å². The van der Waals surface area contributed by atoms with Crippen molar-refractivity contribution >= 4 is 0 Å². The van der Waals surface area contributed by atoms with Crippen molar-refractivity contribution in [3.8, 4) is 0 Å². The van der Waals surface area contributed by atoms with E-state index in [4.69, 9.17) is 0 Å². The van der Waals surface area contributed by atoms with Crippen LogP contribution in [-0.4, -0.2) is 42.3 Å². The summed E-state index contributed by atoms with van der Waals surface area (Å²) in [7, 11) is 0. The predicted molar refractivity (Wildman–Crippen MR) is 56.3 cm³/mol. The monoisotopic (exact) mass is 236 g/mol. The fourth-order valence-corrected chi connectivity index (χ4v) is 2.50. The van der Waals surface area contributed by atoms with Gasteiger partial charge in [0.15, 0.2) is 0 Å². The van der Waals surface area contributed by atoms with Crippen LogP contribution in [0.5, 0.6) is 0 Å². The minimum absolute atomic E-state index is 0.248. The molecule has 1 N–H and O–H groups in total. The lowest BCUT2D eigenvalue weighted by Crippen LogP contribution is -2.40. The van der Waals surface area contributed by atoms with E-state index < -0.39 is 18.6 Å². The zero-order valence-corrected chi connectivity index (χ0v) is 9.56. The third-order valence-corrected chi connectivity index (χ3v) is 3.34. The normalized spacial score (nSPS) is 29.6. The van der Waals surface area contributed by atoms with E-state index in [1.54, 1.807) is 6.92 Å². The van der Waals surface area contributed by atoms with Gasteiger partial charge < -0.3 is 5.32 Å². The molecule has 2 nitrogen and oxygen atoms in total. The van der Waals surface area contributed by atoms with Gasteiger partial charge in [-0.1, -0.05) is 0 Å². The van der Waals surface area contributed by atoms with E-state index in [1.807, 2.05) is 0 Å². The highest BCUT2D eigenvalue weighted by Crippen LogP contribution is 2.30. The average Bonchev–Trinajstić information content (AvgIpc) is 2.85. The lowest BCUT2D eigenvalue weighted by Gasteiger charge is -2.21. The minimum Gasteiger partial charge on any atom is -0.310 e. The first-order chi connectivity index (χ1) is 7.44. The fourth-order valence-electron chi connectivity index (χ4n) is 2.50.